The third kappa shape index (κ3) is 3.83. The first-order valence-corrected chi connectivity index (χ1v) is 7.17. The van der Waals surface area contributed by atoms with Crippen LogP contribution in [-0.2, 0) is 0 Å². The Balaban J connectivity index is 2.67. The predicted molar refractivity (Wildman–Crippen MR) is 72.6 cm³/mol. The number of aromatic nitrogens is 2. The van der Waals surface area contributed by atoms with Gasteiger partial charge >= 0.3 is 0 Å². The minimum Gasteiger partial charge on any atom is -0.370 e. The van der Waals surface area contributed by atoms with Crippen molar-refractivity contribution in [2.24, 2.45) is 0 Å². The topological polar surface area (TPSA) is 37.8 Å². The van der Waals surface area contributed by atoms with Gasteiger partial charge in [-0.3, -0.25) is 0 Å². The van der Waals surface area contributed by atoms with Gasteiger partial charge in [0.25, 0.3) is 0 Å². The highest BCUT2D eigenvalue weighted by Crippen LogP contribution is 2.27. The first-order chi connectivity index (χ1) is 7.66. The summed E-state index contributed by atoms with van der Waals surface area (Å²) in [6.07, 6.45) is 4.74. The van der Waals surface area contributed by atoms with Crippen LogP contribution in [0.5, 0.6) is 0 Å². The summed E-state index contributed by atoms with van der Waals surface area (Å²) in [5.41, 5.74) is 1.01. The van der Waals surface area contributed by atoms with Crippen LogP contribution in [-0.4, -0.2) is 28.5 Å². The normalized spacial score (nSPS) is 10.8. The van der Waals surface area contributed by atoms with E-state index in [0.29, 0.717) is 11.1 Å². The highest BCUT2D eigenvalue weighted by atomic mass is 35.5. The molecule has 0 aliphatic carbocycles. The summed E-state index contributed by atoms with van der Waals surface area (Å²) in [6, 6.07) is 0. The van der Waals surface area contributed by atoms with E-state index >= 15 is 0 Å². The largest absolute Gasteiger partial charge is 0.370 e. The summed E-state index contributed by atoms with van der Waals surface area (Å²) in [5.74, 6) is 2.36. The summed E-state index contributed by atoms with van der Waals surface area (Å²) in [6.45, 7) is 5.11. The summed E-state index contributed by atoms with van der Waals surface area (Å²) in [7, 11) is 0. The van der Waals surface area contributed by atoms with Crippen LogP contribution in [0.2, 0.25) is 5.15 Å². The van der Waals surface area contributed by atoms with E-state index in [9.17, 15) is 0 Å². The highest BCUT2D eigenvalue weighted by molar-refractivity contribution is 7.98. The first kappa shape index (κ1) is 13.6. The molecule has 1 heterocycles. The Labute approximate surface area is 106 Å². The van der Waals surface area contributed by atoms with Gasteiger partial charge in [-0.05, 0) is 24.3 Å². The maximum atomic E-state index is 6.07. The van der Waals surface area contributed by atoms with Crippen molar-refractivity contribution in [1.82, 2.24) is 9.97 Å². The lowest BCUT2D eigenvalue weighted by Crippen LogP contribution is -2.09. The van der Waals surface area contributed by atoms with E-state index in [-0.39, 0.29) is 0 Å². The SMILES string of the molecule is CSCCCNc1ncnc(Cl)c1C(C)C. The third-order valence-corrected chi connectivity index (χ3v) is 3.23. The molecule has 1 N–H and O–H groups in total. The lowest BCUT2D eigenvalue weighted by atomic mass is 10.1. The second kappa shape index (κ2) is 6.97. The zero-order valence-corrected chi connectivity index (χ0v) is 11.5. The molecule has 3 nitrogen and oxygen atoms in total. The zero-order valence-electron chi connectivity index (χ0n) is 9.96. The van der Waals surface area contributed by atoms with Gasteiger partial charge in [0.05, 0.1) is 0 Å². The molecule has 0 unspecified atom stereocenters. The van der Waals surface area contributed by atoms with Gasteiger partial charge in [0, 0.05) is 12.1 Å². The van der Waals surface area contributed by atoms with Crippen LogP contribution in [0.4, 0.5) is 5.82 Å². The summed E-state index contributed by atoms with van der Waals surface area (Å²) in [5, 5.41) is 3.87. The maximum Gasteiger partial charge on any atom is 0.138 e. The molecule has 0 fully saturated rings. The molecule has 0 bridgehead atoms. The van der Waals surface area contributed by atoms with Crippen LogP contribution in [0.3, 0.4) is 0 Å². The van der Waals surface area contributed by atoms with Gasteiger partial charge in [0.15, 0.2) is 0 Å². The average molecular weight is 260 g/mol. The molecule has 0 atom stereocenters. The molecule has 0 radical (unpaired) electrons. The van der Waals surface area contributed by atoms with E-state index in [1.165, 1.54) is 6.33 Å². The Morgan fingerprint density at radius 2 is 2.19 bits per heavy atom. The molecule has 5 heteroatoms. The van der Waals surface area contributed by atoms with E-state index < -0.39 is 0 Å². The molecular weight excluding hydrogens is 242 g/mol. The smallest absolute Gasteiger partial charge is 0.138 e. The van der Waals surface area contributed by atoms with Crippen molar-refractivity contribution >= 4 is 29.2 Å². The fourth-order valence-electron chi connectivity index (χ4n) is 1.45. The Morgan fingerprint density at radius 3 is 2.81 bits per heavy atom. The molecule has 90 valence electrons. The van der Waals surface area contributed by atoms with Gasteiger partial charge in [-0.15, -0.1) is 0 Å². The Bertz CT molecular complexity index is 331. The minimum absolute atomic E-state index is 0.330. The molecule has 0 saturated heterocycles. The molecule has 0 aliphatic rings. The molecular formula is C11H18ClN3S. The lowest BCUT2D eigenvalue weighted by Gasteiger charge is -2.13. The summed E-state index contributed by atoms with van der Waals surface area (Å²) < 4.78 is 0. The Kier molecular flexibility index (Phi) is 5.91. The van der Waals surface area contributed by atoms with Crippen LogP contribution >= 0.6 is 23.4 Å². The van der Waals surface area contributed by atoms with Crippen LogP contribution in [0.25, 0.3) is 0 Å². The molecule has 1 rings (SSSR count). The minimum atomic E-state index is 0.330. The van der Waals surface area contributed by atoms with Crippen molar-refractivity contribution in [3.8, 4) is 0 Å². The van der Waals surface area contributed by atoms with E-state index in [0.717, 1.165) is 30.1 Å². The standard InChI is InChI=1S/C11H18ClN3S/c1-8(2)9-10(12)14-7-15-11(9)13-5-4-6-16-3/h7-8H,4-6H2,1-3H3,(H,13,14,15). The van der Waals surface area contributed by atoms with Crippen molar-refractivity contribution in [2.75, 3.05) is 23.9 Å². The molecule has 1 aromatic rings. The molecule has 0 aromatic carbocycles. The fraction of sp³-hybridized carbons (Fsp3) is 0.636. The fourth-order valence-corrected chi connectivity index (χ4v) is 2.23. The monoisotopic (exact) mass is 259 g/mol. The zero-order chi connectivity index (χ0) is 12.0. The van der Waals surface area contributed by atoms with Crippen LogP contribution < -0.4 is 5.32 Å². The molecule has 0 amide bonds. The van der Waals surface area contributed by atoms with Gasteiger partial charge in [-0.1, -0.05) is 25.4 Å². The van der Waals surface area contributed by atoms with Gasteiger partial charge in [-0.2, -0.15) is 11.8 Å². The molecule has 1 aromatic heterocycles. The number of nitrogens with zero attached hydrogens (tertiary/aromatic N) is 2. The van der Waals surface area contributed by atoms with Crippen molar-refractivity contribution in [3.63, 3.8) is 0 Å². The number of nitrogens with one attached hydrogen (secondary N) is 1. The van der Waals surface area contributed by atoms with E-state index in [2.05, 4.69) is 35.4 Å². The van der Waals surface area contributed by atoms with Crippen LogP contribution in [0.15, 0.2) is 6.33 Å². The second-order valence-electron chi connectivity index (χ2n) is 3.85. The number of rotatable bonds is 6. The van der Waals surface area contributed by atoms with Crippen LogP contribution in [0, 0.1) is 0 Å². The van der Waals surface area contributed by atoms with E-state index in [4.69, 9.17) is 11.6 Å². The van der Waals surface area contributed by atoms with Gasteiger partial charge < -0.3 is 5.32 Å². The Morgan fingerprint density at radius 1 is 1.44 bits per heavy atom. The number of thioether (sulfide) groups is 1. The van der Waals surface area contributed by atoms with Gasteiger partial charge in [0.2, 0.25) is 0 Å². The molecule has 0 saturated carbocycles. The maximum absolute atomic E-state index is 6.07. The highest BCUT2D eigenvalue weighted by Gasteiger charge is 2.12. The number of halogens is 1. The quantitative estimate of drug-likeness (QED) is 0.628. The predicted octanol–water partition coefficient (Wildman–Crippen LogP) is 3.42. The summed E-state index contributed by atoms with van der Waals surface area (Å²) >= 11 is 7.92. The van der Waals surface area contributed by atoms with Gasteiger partial charge in [0.1, 0.15) is 17.3 Å². The van der Waals surface area contributed by atoms with E-state index in [1.54, 1.807) is 0 Å². The molecule has 0 spiro atoms. The Hall–Kier alpha value is -0.480. The van der Waals surface area contributed by atoms with E-state index in [1.807, 2.05) is 11.8 Å². The second-order valence-corrected chi connectivity index (χ2v) is 5.20. The van der Waals surface area contributed by atoms with Crippen molar-refractivity contribution in [2.45, 2.75) is 26.2 Å². The van der Waals surface area contributed by atoms with Crippen molar-refractivity contribution in [3.05, 3.63) is 17.0 Å². The first-order valence-electron chi connectivity index (χ1n) is 5.40. The molecule has 0 aliphatic heterocycles. The number of hydrogen-bond donors (Lipinski definition) is 1. The lowest BCUT2D eigenvalue weighted by molar-refractivity contribution is 0.841. The average Bonchev–Trinajstić information content (AvgIpc) is 2.24. The number of anilines is 1. The molecule has 16 heavy (non-hydrogen) atoms. The van der Waals surface area contributed by atoms with Gasteiger partial charge in [-0.25, -0.2) is 9.97 Å². The summed E-state index contributed by atoms with van der Waals surface area (Å²) in [4.78, 5) is 8.26. The van der Waals surface area contributed by atoms with Crippen molar-refractivity contribution in [1.29, 1.82) is 0 Å². The van der Waals surface area contributed by atoms with Crippen LogP contribution in [0.1, 0.15) is 31.7 Å². The van der Waals surface area contributed by atoms with Crippen molar-refractivity contribution < 1.29 is 0 Å². The third-order valence-electron chi connectivity index (χ3n) is 2.23. The number of hydrogen-bond acceptors (Lipinski definition) is 4.